The molecule has 0 aromatic heterocycles. The lowest BCUT2D eigenvalue weighted by Crippen LogP contribution is -2.30. The van der Waals surface area contributed by atoms with E-state index in [1.165, 1.54) is 7.11 Å². The summed E-state index contributed by atoms with van der Waals surface area (Å²) in [6, 6.07) is 15.1. The molecule has 0 heterocycles. The summed E-state index contributed by atoms with van der Waals surface area (Å²) in [5, 5.41) is 7.93. The highest BCUT2D eigenvalue weighted by Crippen LogP contribution is 2.10. The minimum Gasteiger partial charge on any atom is -0.468 e. The van der Waals surface area contributed by atoms with Gasteiger partial charge >= 0.3 is 5.97 Å². The van der Waals surface area contributed by atoms with Crippen LogP contribution in [0.15, 0.2) is 54.6 Å². The van der Waals surface area contributed by atoms with Gasteiger partial charge in [0.15, 0.2) is 0 Å². The lowest BCUT2D eigenvalue weighted by molar-refractivity contribution is -0.139. The van der Waals surface area contributed by atoms with Gasteiger partial charge in [-0.3, -0.25) is 19.2 Å². The number of nitrogens with one attached hydrogen (secondary N) is 3. The Balaban J connectivity index is 1.70. The molecule has 29 heavy (non-hydrogen) atoms. The maximum atomic E-state index is 12.0. The fourth-order valence-corrected chi connectivity index (χ4v) is 2.40. The summed E-state index contributed by atoms with van der Waals surface area (Å²) >= 11 is 0. The van der Waals surface area contributed by atoms with Crippen molar-refractivity contribution in [1.29, 1.82) is 0 Å². The Labute approximate surface area is 168 Å². The summed E-state index contributed by atoms with van der Waals surface area (Å²) in [4.78, 5) is 46.8. The van der Waals surface area contributed by atoms with Gasteiger partial charge in [0.05, 0.1) is 7.11 Å². The first-order valence-corrected chi connectivity index (χ1v) is 9.08. The first-order valence-electron chi connectivity index (χ1n) is 9.08. The van der Waals surface area contributed by atoms with Gasteiger partial charge < -0.3 is 20.7 Å². The predicted octanol–water partition coefficient (Wildman–Crippen LogP) is 1.74. The number of amides is 3. The normalized spacial score (nSPS) is 9.97. The van der Waals surface area contributed by atoms with Crippen molar-refractivity contribution < 1.29 is 23.9 Å². The molecule has 2 aromatic rings. The summed E-state index contributed by atoms with van der Waals surface area (Å²) < 4.78 is 4.45. The zero-order chi connectivity index (χ0) is 21.1. The number of esters is 1. The van der Waals surface area contributed by atoms with E-state index < -0.39 is 11.9 Å². The molecule has 0 aliphatic carbocycles. The van der Waals surface area contributed by atoms with Crippen molar-refractivity contribution in [3.05, 3.63) is 65.7 Å². The van der Waals surface area contributed by atoms with Crippen LogP contribution < -0.4 is 16.0 Å². The zero-order valence-corrected chi connectivity index (χ0v) is 16.1. The molecule has 0 atom stereocenters. The molecule has 0 saturated carbocycles. The fraction of sp³-hybridized carbons (Fsp3) is 0.238. The summed E-state index contributed by atoms with van der Waals surface area (Å²) in [6.07, 6.45) is 0.745. The SMILES string of the molecule is COC(=O)CNC(=O)c1ccc(NC(=O)CCCNC(=O)c2ccccc2)cc1. The molecule has 2 rings (SSSR count). The van der Waals surface area contributed by atoms with Gasteiger partial charge in [0.2, 0.25) is 5.91 Å². The molecular weight excluding hydrogens is 374 g/mol. The molecule has 0 bridgehead atoms. The second-order valence-electron chi connectivity index (χ2n) is 6.11. The van der Waals surface area contributed by atoms with E-state index >= 15 is 0 Å². The summed E-state index contributed by atoms with van der Waals surface area (Å²) in [6.45, 7) is 0.176. The Morgan fingerprint density at radius 3 is 2.10 bits per heavy atom. The van der Waals surface area contributed by atoms with Gasteiger partial charge in [-0.05, 0) is 42.8 Å². The summed E-state index contributed by atoms with van der Waals surface area (Å²) in [7, 11) is 1.24. The number of benzene rings is 2. The van der Waals surface area contributed by atoms with Crippen molar-refractivity contribution in [1.82, 2.24) is 10.6 Å². The fourth-order valence-electron chi connectivity index (χ4n) is 2.40. The van der Waals surface area contributed by atoms with Crippen molar-refractivity contribution in [2.45, 2.75) is 12.8 Å². The molecule has 0 fully saturated rings. The number of ether oxygens (including phenoxy) is 1. The Hall–Kier alpha value is -3.68. The van der Waals surface area contributed by atoms with Crippen LogP contribution in [0.25, 0.3) is 0 Å². The molecule has 0 aliphatic heterocycles. The van der Waals surface area contributed by atoms with Crippen LogP contribution in [0.3, 0.4) is 0 Å². The molecule has 3 amide bonds. The van der Waals surface area contributed by atoms with E-state index in [1.807, 2.05) is 6.07 Å². The van der Waals surface area contributed by atoms with E-state index in [4.69, 9.17) is 0 Å². The molecule has 0 saturated heterocycles. The minimum atomic E-state index is -0.540. The van der Waals surface area contributed by atoms with Gasteiger partial charge in [0.25, 0.3) is 11.8 Å². The highest BCUT2D eigenvalue weighted by molar-refractivity contribution is 5.97. The second kappa shape index (κ2) is 11.2. The second-order valence-corrected chi connectivity index (χ2v) is 6.11. The standard InChI is InChI=1S/C21H23N3O5/c1-29-19(26)14-23-21(28)16-9-11-17(12-10-16)24-18(25)8-5-13-22-20(27)15-6-3-2-4-7-15/h2-4,6-7,9-12H,5,8,13-14H2,1H3,(H,22,27)(H,23,28)(H,24,25). The molecule has 0 radical (unpaired) electrons. The van der Waals surface area contributed by atoms with E-state index in [0.29, 0.717) is 29.8 Å². The van der Waals surface area contributed by atoms with Crippen LogP contribution in [0.5, 0.6) is 0 Å². The van der Waals surface area contributed by atoms with Crippen molar-refractivity contribution in [3.63, 3.8) is 0 Å². The Kier molecular flexibility index (Phi) is 8.37. The van der Waals surface area contributed by atoms with Crippen LogP contribution in [0.4, 0.5) is 5.69 Å². The number of carbonyl (C=O) groups is 4. The minimum absolute atomic E-state index is 0.174. The molecule has 8 nitrogen and oxygen atoms in total. The van der Waals surface area contributed by atoms with Crippen LogP contribution in [0, 0.1) is 0 Å². The van der Waals surface area contributed by atoms with Crippen LogP contribution in [0.2, 0.25) is 0 Å². The van der Waals surface area contributed by atoms with Crippen molar-refractivity contribution in [2.24, 2.45) is 0 Å². The van der Waals surface area contributed by atoms with Gasteiger partial charge in [-0.2, -0.15) is 0 Å². The maximum Gasteiger partial charge on any atom is 0.325 e. The van der Waals surface area contributed by atoms with Crippen molar-refractivity contribution in [3.8, 4) is 0 Å². The predicted molar refractivity (Wildman–Crippen MR) is 107 cm³/mol. The maximum absolute atomic E-state index is 12.0. The summed E-state index contributed by atoms with van der Waals surface area (Å²) in [5.41, 5.74) is 1.48. The van der Waals surface area contributed by atoms with E-state index in [0.717, 1.165) is 0 Å². The highest BCUT2D eigenvalue weighted by Gasteiger charge is 2.09. The molecule has 2 aromatic carbocycles. The third kappa shape index (κ3) is 7.45. The lowest BCUT2D eigenvalue weighted by atomic mass is 10.2. The average molecular weight is 397 g/mol. The third-order valence-electron chi connectivity index (χ3n) is 3.95. The first-order chi connectivity index (χ1) is 14.0. The van der Waals surface area contributed by atoms with Crippen LogP contribution in [-0.4, -0.2) is 43.9 Å². The highest BCUT2D eigenvalue weighted by atomic mass is 16.5. The quantitative estimate of drug-likeness (QED) is 0.441. The molecule has 8 heteroatoms. The molecule has 0 spiro atoms. The molecule has 0 unspecified atom stereocenters. The van der Waals surface area contributed by atoms with Gasteiger partial charge in [0.1, 0.15) is 6.54 Å². The monoisotopic (exact) mass is 397 g/mol. The molecular formula is C21H23N3O5. The Morgan fingerprint density at radius 2 is 1.45 bits per heavy atom. The van der Waals surface area contributed by atoms with Gasteiger partial charge in [-0.15, -0.1) is 0 Å². The van der Waals surface area contributed by atoms with Gasteiger partial charge in [-0.1, -0.05) is 18.2 Å². The number of anilines is 1. The van der Waals surface area contributed by atoms with Gasteiger partial charge in [0, 0.05) is 29.8 Å². The molecule has 3 N–H and O–H groups in total. The number of hydrogen-bond acceptors (Lipinski definition) is 5. The van der Waals surface area contributed by atoms with Crippen LogP contribution in [-0.2, 0) is 14.3 Å². The molecule has 0 aliphatic rings. The number of methoxy groups -OCH3 is 1. The van der Waals surface area contributed by atoms with Crippen molar-refractivity contribution >= 4 is 29.4 Å². The smallest absolute Gasteiger partial charge is 0.325 e. The van der Waals surface area contributed by atoms with E-state index in [2.05, 4.69) is 20.7 Å². The van der Waals surface area contributed by atoms with Gasteiger partial charge in [-0.25, -0.2) is 0 Å². The van der Waals surface area contributed by atoms with Crippen molar-refractivity contribution in [2.75, 3.05) is 25.5 Å². The summed E-state index contributed by atoms with van der Waals surface area (Å²) in [5.74, 6) is -1.32. The Bertz CT molecular complexity index is 850. The van der Waals surface area contributed by atoms with E-state index in [-0.39, 0.29) is 24.8 Å². The average Bonchev–Trinajstić information content (AvgIpc) is 2.75. The van der Waals surface area contributed by atoms with E-state index in [9.17, 15) is 19.2 Å². The topological polar surface area (TPSA) is 114 Å². The Morgan fingerprint density at radius 1 is 0.828 bits per heavy atom. The first kappa shape index (κ1) is 21.6. The van der Waals surface area contributed by atoms with Crippen LogP contribution in [0.1, 0.15) is 33.6 Å². The third-order valence-corrected chi connectivity index (χ3v) is 3.95. The lowest BCUT2D eigenvalue weighted by Gasteiger charge is -2.08. The van der Waals surface area contributed by atoms with E-state index in [1.54, 1.807) is 48.5 Å². The number of carbonyl (C=O) groups excluding carboxylic acids is 4. The zero-order valence-electron chi connectivity index (χ0n) is 16.1. The largest absolute Gasteiger partial charge is 0.468 e. The number of hydrogen-bond donors (Lipinski definition) is 3. The number of rotatable bonds is 9. The molecule has 152 valence electrons. The van der Waals surface area contributed by atoms with Crippen LogP contribution >= 0.6 is 0 Å².